The summed E-state index contributed by atoms with van der Waals surface area (Å²) < 4.78 is 16.1. The summed E-state index contributed by atoms with van der Waals surface area (Å²) in [5, 5.41) is 14.2. The summed E-state index contributed by atoms with van der Waals surface area (Å²) in [5.74, 6) is 2.24. The van der Waals surface area contributed by atoms with Crippen molar-refractivity contribution in [3.8, 4) is 17.2 Å². The number of aromatic nitrogens is 3. The second kappa shape index (κ2) is 8.30. The van der Waals surface area contributed by atoms with Crippen molar-refractivity contribution in [3.05, 3.63) is 52.3 Å². The zero-order chi connectivity index (χ0) is 22.0. The van der Waals surface area contributed by atoms with E-state index in [1.165, 1.54) is 33.7 Å². The van der Waals surface area contributed by atoms with E-state index in [0.29, 0.717) is 47.8 Å². The van der Waals surface area contributed by atoms with Crippen LogP contribution in [0.1, 0.15) is 5.56 Å². The van der Waals surface area contributed by atoms with E-state index in [2.05, 4.69) is 20.3 Å². The normalized spacial score (nSPS) is 12.3. The molecule has 0 fully saturated rings. The first-order valence-corrected chi connectivity index (χ1v) is 9.35. The smallest absolute Gasteiger partial charge is 0.269 e. The molecule has 11 nitrogen and oxygen atoms in total. The summed E-state index contributed by atoms with van der Waals surface area (Å²) in [6.07, 6.45) is 2.07. The molecule has 2 heterocycles. The third-order valence-corrected chi connectivity index (χ3v) is 4.89. The van der Waals surface area contributed by atoms with Crippen molar-refractivity contribution in [1.82, 2.24) is 15.0 Å². The number of nitro groups is 1. The minimum atomic E-state index is -0.398. The average molecular weight is 424 g/mol. The van der Waals surface area contributed by atoms with Gasteiger partial charge in [-0.15, -0.1) is 0 Å². The lowest BCUT2D eigenvalue weighted by atomic mass is 10.1. The molecule has 31 heavy (non-hydrogen) atoms. The predicted molar refractivity (Wildman–Crippen MR) is 113 cm³/mol. The summed E-state index contributed by atoms with van der Waals surface area (Å²) in [5.41, 5.74) is 2.44. The molecule has 0 bridgehead atoms. The van der Waals surface area contributed by atoms with Gasteiger partial charge < -0.3 is 24.4 Å². The van der Waals surface area contributed by atoms with Crippen molar-refractivity contribution in [3.63, 3.8) is 0 Å². The zero-order valence-corrected chi connectivity index (χ0v) is 17.2. The van der Waals surface area contributed by atoms with Crippen LogP contribution in [0.25, 0.3) is 0 Å². The van der Waals surface area contributed by atoms with Crippen LogP contribution in [0.15, 0.2) is 36.7 Å². The van der Waals surface area contributed by atoms with Gasteiger partial charge in [0, 0.05) is 42.2 Å². The fraction of sp³-hybridized carbons (Fsp3) is 0.250. The molecule has 4 rings (SSSR count). The van der Waals surface area contributed by atoms with E-state index in [0.717, 1.165) is 11.3 Å². The standard InChI is InChI=1S/C20H20N6O5/c1-29-16-9-13(10-17(30-2)18(16)31-3)23-19-21-11-22-20(24-19)25-7-6-12-8-14(26(27)28)4-5-15(12)25/h4-5,8-11H,6-7H2,1-3H3,(H,21,22,23,24). The second-order valence-corrected chi connectivity index (χ2v) is 6.62. The molecule has 0 radical (unpaired) electrons. The van der Waals surface area contributed by atoms with Gasteiger partial charge in [-0.05, 0) is 18.1 Å². The van der Waals surface area contributed by atoms with Crippen LogP contribution in [-0.2, 0) is 6.42 Å². The molecular formula is C20H20N6O5. The Morgan fingerprint density at radius 1 is 1.06 bits per heavy atom. The highest BCUT2D eigenvalue weighted by Crippen LogP contribution is 2.40. The summed E-state index contributed by atoms with van der Waals surface area (Å²) in [6.45, 7) is 0.615. The van der Waals surface area contributed by atoms with Crippen LogP contribution in [0.4, 0.5) is 29.0 Å². The highest BCUT2D eigenvalue weighted by Gasteiger charge is 2.25. The van der Waals surface area contributed by atoms with Crippen molar-refractivity contribution in [2.24, 2.45) is 0 Å². The molecule has 11 heteroatoms. The van der Waals surface area contributed by atoms with Crippen LogP contribution in [-0.4, -0.2) is 47.7 Å². The molecule has 1 aliphatic heterocycles. The quantitative estimate of drug-likeness (QED) is 0.446. The number of hydrogen-bond donors (Lipinski definition) is 1. The number of fused-ring (bicyclic) bond motifs is 1. The number of methoxy groups -OCH3 is 3. The van der Waals surface area contributed by atoms with Crippen LogP contribution in [0.3, 0.4) is 0 Å². The SMILES string of the molecule is COc1cc(Nc2ncnc(N3CCc4cc([N+](=O)[O-])ccc43)n2)cc(OC)c1OC. The van der Waals surface area contributed by atoms with Gasteiger partial charge in [0.15, 0.2) is 11.5 Å². The number of non-ortho nitro benzene ring substituents is 1. The fourth-order valence-corrected chi connectivity index (χ4v) is 3.47. The van der Waals surface area contributed by atoms with Crippen LogP contribution in [0, 0.1) is 10.1 Å². The third kappa shape index (κ3) is 3.84. The van der Waals surface area contributed by atoms with Crippen molar-refractivity contribution in [1.29, 1.82) is 0 Å². The number of hydrogen-bond acceptors (Lipinski definition) is 10. The molecule has 0 spiro atoms. The molecule has 0 saturated heterocycles. The lowest BCUT2D eigenvalue weighted by Crippen LogP contribution is -2.17. The van der Waals surface area contributed by atoms with Crippen LogP contribution in [0.5, 0.6) is 17.2 Å². The number of anilines is 4. The molecule has 1 aromatic heterocycles. The Balaban J connectivity index is 1.62. The Labute approximate surface area is 177 Å². The van der Waals surface area contributed by atoms with Gasteiger partial charge in [-0.25, -0.2) is 9.97 Å². The first kappa shape index (κ1) is 20.1. The van der Waals surface area contributed by atoms with Gasteiger partial charge in [0.25, 0.3) is 5.69 Å². The van der Waals surface area contributed by atoms with Crippen molar-refractivity contribution in [2.75, 3.05) is 38.1 Å². The molecule has 2 aromatic carbocycles. The second-order valence-electron chi connectivity index (χ2n) is 6.62. The molecule has 1 N–H and O–H groups in total. The summed E-state index contributed by atoms with van der Waals surface area (Å²) in [4.78, 5) is 25.5. The van der Waals surface area contributed by atoms with Gasteiger partial charge in [0.05, 0.1) is 26.3 Å². The van der Waals surface area contributed by atoms with Crippen LogP contribution < -0.4 is 24.4 Å². The van der Waals surface area contributed by atoms with Crippen molar-refractivity contribution >= 4 is 29.0 Å². The Hall–Kier alpha value is -4.15. The van der Waals surface area contributed by atoms with E-state index in [-0.39, 0.29) is 5.69 Å². The Kier molecular flexibility index (Phi) is 5.39. The predicted octanol–water partition coefficient (Wildman–Crippen LogP) is 3.24. The van der Waals surface area contributed by atoms with Crippen molar-refractivity contribution in [2.45, 2.75) is 6.42 Å². The largest absolute Gasteiger partial charge is 0.493 e. The summed E-state index contributed by atoms with van der Waals surface area (Å²) in [7, 11) is 4.61. The van der Waals surface area contributed by atoms with E-state index in [1.807, 2.05) is 4.90 Å². The molecule has 0 amide bonds. The van der Waals surface area contributed by atoms with Gasteiger partial charge in [-0.3, -0.25) is 10.1 Å². The number of nitro benzene ring substituents is 1. The third-order valence-electron chi connectivity index (χ3n) is 4.89. The van der Waals surface area contributed by atoms with E-state index in [9.17, 15) is 10.1 Å². The van der Waals surface area contributed by atoms with E-state index >= 15 is 0 Å². The minimum absolute atomic E-state index is 0.0704. The van der Waals surface area contributed by atoms with Crippen molar-refractivity contribution < 1.29 is 19.1 Å². The van der Waals surface area contributed by atoms with Crippen LogP contribution >= 0.6 is 0 Å². The Bertz CT molecular complexity index is 1110. The lowest BCUT2D eigenvalue weighted by Gasteiger charge is -2.18. The summed E-state index contributed by atoms with van der Waals surface area (Å²) >= 11 is 0. The first-order valence-electron chi connectivity index (χ1n) is 9.35. The first-order chi connectivity index (χ1) is 15.0. The molecule has 0 unspecified atom stereocenters. The van der Waals surface area contributed by atoms with Crippen LogP contribution in [0.2, 0.25) is 0 Å². The number of nitrogens with one attached hydrogen (secondary N) is 1. The Morgan fingerprint density at radius 3 is 2.45 bits per heavy atom. The van der Waals surface area contributed by atoms with Gasteiger partial charge >= 0.3 is 0 Å². The van der Waals surface area contributed by atoms with Gasteiger partial charge in [-0.1, -0.05) is 0 Å². The molecule has 160 valence electrons. The maximum Gasteiger partial charge on any atom is 0.269 e. The highest BCUT2D eigenvalue weighted by atomic mass is 16.6. The number of benzene rings is 2. The zero-order valence-electron chi connectivity index (χ0n) is 17.2. The van der Waals surface area contributed by atoms with E-state index in [4.69, 9.17) is 14.2 Å². The fourth-order valence-electron chi connectivity index (χ4n) is 3.47. The monoisotopic (exact) mass is 424 g/mol. The van der Waals surface area contributed by atoms with Gasteiger partial charge in [0.1, 0.15) is 6.33 Å². The minimum Gasteiger partial charge on any atom is -0.493 e. The molecule has 1 aliphatic rings. The highest BCUT2D eigenvalue weighted by molar-refractivity contribution is 5.69. The topological polar surface area (TPSA) is 125 Å². The molecular weight excluding hydrogens is 404 g/mol. The lowest BCUT2D eigenvalue weighted by molar-refractivity contribution is -0.384. The van der Waals surface area contributed by atoms with E-state index in [1.54, 1.807) is 24.3 Å². The van der Waals surface area contributed by atoms with E-state index < -0.39 is 4.92 Å². The Morgan fingerprint density at radius 2 is 1.81 bits per heavy atom. The maximum atomic E-state index is 11.0. The number of rotatable bonds is 7. The molecule has 3 aromatic rings. The molecule has 0 aliphatic carbocycles. The number of ether oxygens (including phenoxy) is 3. The molecule has 0 saturated carbocycles. The number of nitrogens with zero attached hydrogens (tertiary/aromatic N) is 5. The average Bonchev–Trinajstić information content (AvgIpc) is 3.21. The van der Waals surface area contributed by atoms with Gasteiger partial charge in [-0.2, -0.15) is 4.98 Å². The molecule has 0 atom stereocenters. The maximum absolute atomic E-state index is 11.0. The van der Waals surface area contributed by atoms with Gasteiger partial charge in [0.2, 0.25) is 17.6 Å². The summed E-state index contributed by atoms with van der Waals surface area (Å²) in [6, 6.07) is 8.28.